The molecule has 1 aliphatic heterocycles. The number of allylic oxidation sites excluding steroid dienone is 3. The zero-order valence-corrected chi connectivity index (χ0v) is 17.2. The van der Waals surface area contributed by atoms with Gasteiger partial charge in [0.1, 0.15) is 0 Å². The fourth-order valence-corrected chi connectivity index (χ4v) is 3.48. The van der Waals surface area contributed by atoms with E-state index < -0.39 is 0 Å². The van der Waals surface area contributed by atoms with Crippen LogP contribution < -0.4 is 0 Å². The molecule has 138 valence electrons. The predicted molar refractivity (Wildman–Crippen MR) is 113 cm³/mol. The van der Waals surface area contributed by atoms with Gasteiger partial charge in [-0.25, -0.2) is 0 Å². The largest absolute Gasteiger partial charge is 0.292 e. The van der Waals surface area contributed by atoms with E-state index >= 15 is 0 Å². The summed E-state index contributed by atoms with van der Waals surface area (Å²) in [7, 11) is 0. The van der Waals surface area contributed by atoms with Crippen LogP contribution in [-0.4, -0.2) is 18.0 Å². The first-order chi connectivity index (χ1) is 12.1. The maximum Gasteiger partial charge on any atom is 0.0606 e. The first-order valence-electron chi connectivity index (χ1n) is 9.84. The maximum atomic E-state index is 4.01. The van der Waals surface area contributed by atoms with Crippen LogP contribution in [-0.2, 0) is 0 Å². The van der Waals surface area contributed by atoms with Gasteiger partial charge in [0, 0.05) is 0 Å². The summed E-state index contributed by atoms with van der Waals surface area (Å²) < 4.78 is 0. The second kappa shape index (κ2) is 11.1. The minimum atomic E-state index is 0.331. The molecule has 1 aromatic rings. The molecule has 0 radical (unpaired) electrons. The van der Waals surface area contributed by atoms with E-state index in [4.69, 9.17) is 0 Å². The molecule has 1 heterocycles. The van der Waals surface area contributed by atoms with Crippen molar-refractivity contribution in [1.82, 2.24) is 4.90 Å². The molecule has 1 atom stereocenters. The summed E-state index contributed by atoms with van der Waals surface area (Å²) in [5.74, 6) is 0.846. The Labute approximate surface area is 156 Å². The molecule has 1 saturated heterocycles. The molecule has 0 saturated carbocycles. The van der Waals surface area contributed by atoms with Gasteiger partial charge in [-0.15, -0.1) is 0 Å². The Balaban J connectivity index is 0.00000151. The highest BCUT2D eigenvalue weighted by atomic mass is 15.2. The Bertz CT molecular complexity index is 586. The molecule has 1 fully saturated rings. The number of nitrogens with zero attached hydrogens (tertiary/aromatic N) is 1. The second-order valence-electron chi connectivity index (χ2n) is 6.82. The zero-order chi connectivity index (χ0) is 18.8. The summed E-state index contributed by atoms with van der Waals surface area (Å²) in [5, 5.41) is 0. The van der Waals surface area contributed by atoms with Crippen LogP contribution in [0.1, 0.15) is 64.6 Å². The normalized spacial score (nSPS) is 18.3. The highest BCUT2D eigenvalue weighted by molar-refractivity contribution is 5.43. The molecule has 2 rings (SSSR count). The Morgan fingerprint density at radius 2 is 1.80 bits per heavy atom. The van der Waals surface area contributed by atoms with Crippen molar-refractivity contribution in [2.24, 2.45) is 5.92 Å². The third-order valence-electron chi connectivity index (χ3n) is 5.07. The van der Waals surface area contributed by atoms with Gasteiger partial charge in [0.15, 0.2) is 0 Å². The summed E-state index contributed by atoms with van der Waals surface area (Å²) >= 11 is 0. The van der Waals surface area contributed by atoms with Crippen LogP contribution in [0.5, 0.6) is 0 Å². The van der Waals surface area contributed by atoms with Gasteiger partial charge in [-0.3, -0.25) is 4.90 Å². The molecular formula is C24H37N. The fraction of sp³-hybridized carbons (Fsp3) is 0.500. The first kappa shape index (κ1) is 21.4. The third kappa shape index (κ3) is 5.71. The van der Waals surface area contributed by atoms with Crippen LogP contribution in [0.4, 0.5) is 0 Å². The van der Waals surface area contributed by atoms with Crippen molar-refractivity contribution in [3.63, 3.8) is 0 Å². The zero-order valence-electron chi connectivity index (χ0n) is 17.2. The lowest BCUT2D eigenvalue weighted by atomic mass is 9.88. The van der Waals surface area contributed by atoms with E-state index in [0.29, 0.717) is 6.04 Å². The van der Waals surface area contributed by atoms with Crippen LogP contribution in [0.2, 0.25) is 0 Å². The molecule has 0 aliphatic carbocycles. The van der Waals surface area contributed by atoms with Crippen molar-refractivity contribution in [1.29, 1.82) is 0 Å². The van der Waals surface area contributed by atoms with Crippen molar-refractivity contribution in [3.8, 4) is 0 Å². The first-order valence-corrected chi connectivity index (χ1v) is 9.84. The molecule has 0 spiro atoms. The summed E-state index contributed by atoms with van der Waals surface area (Å²) in [6.07, 6.45) is 9.00. The standard InChI is InChI=1S/C22H31N.C2H6/c1-6-10-20(18(4)7-2)22(21-12-9-8-11-19(21)5)23-15-13-17(3)14-16-23;1-2/h6-12,17,22H,2,13-16H2,1,3-5H3;1-2H3/b10-6-,20-18+;. The number of rotatable bonds is 5. The van der Waals surface area contributed by atoms with Crippen LogP contribution in [0.3, 0.4) is 0 Å². The Morgan fingerprint density at radius 3 is 2.32 bits per heavy atom. The Morgan fingerprint density at radius 1 is 1.20 bits per heavy atom. The summed E-state index contributed by atoms with van der Waals surface area (Å²) in [6, 6.07) is 9.15. The van der Waals surface area contributed by atoms with Gasteiger partial charge in [-0.1, -0.05) is 69.8 Å². The maximum absolute atomic E-state index is 4.01. The van der Waals surface area contributed by atoms with Crippen LogP contribution >= 0.6 is 0 Å². The molecule has 0 bridgehead atoms. The van der Waals surface area contributed by atoms with Gasteiger partial charge in [0.25, 0.3) is 0 Å². The Kier molecular flexibility index (Phi) is 9.52. The summed E-state index contributed by atoms with van der Waals surface area (Å²) in [4.78, 5) is 2.66. The number of hydrogen-bond donors (Lipinski definition) is 0. The topological polar surface area (TPSA) is 3.24 Å². The lowest BCUT2D eigenvalue weighted by Crippen LogP contribution is -2.37. The quantitative estimate of drug-likeness (QED) is 0.529. The highest BCUT2D eigenvalue weighted by Gasteiger charge is 2.28. The third-order valence-corrected chi connectivity index (χ3v) is 5.07. The highest BCUT2D eigenvalue weighted by Crippen LogP contribution is 2.36. The molecule has 0 aromatic heterocycles. The van der Waals surface area contributed by atoms with E-state index in [2.05, 4.69) is 75.6 Å². The van der Waals surface area contributed by atoms with Crippen LogP contribution in [0, 0.1) is 12.8 Å². The van der Waals surface area contributed by atoms with Gasteiger partial charge >= 0.3 is 0 Å². The average Bonchev–Trinajstić information content (AvgIpc) is 2.65. The SMILES string of the molecule is C=C/C(C)=C(\C=C/C)C(c1ccccc1C)N1CCC(C)CC1.CC. The minimum Gasteiger partial charge on any atom is -0.292 e. The van der Waals surface area contributed by atoms with Gasteiger partial charge in [-0.05, 0) is 74.9 Å². The predicted octanol–water partition coefficient (Wildman–Crippen LogP) is 6.87. The number of benzene rings is 1. The van der Waals surface area contributed by atoms with E-state index in [-0.39, 0.29) is 0 Å². The second-order valence-corrected chi connectivity index (χ2v) is 6.82. The molecule has 0 amide bonds. The van der Waals surface area contributed by atoms with E-state index in [0.717, 1.165) is 5.92 Å². The lowest BCUT2D eigenvalue weighted by molar-refractivity contribution is 0.156. The number of likely N-dealkylation sites (tertiary alicyclic amines) is 1. The van der Waals surface area contributed by atoms with Gasteiger partial charge in [-0.2, -0.15) is 0 Å². The average molecular weight is 340 g/mol. The Hall–Kier alpha value is -1.60. The van der Waals surface area contributed by atoms with Gasteiger partial charge in [0.05, 0.1) is 6.04 Å². The van der Waals surface area contributed by atoms with Crippen molar-refractivity contribution >= 4 is 0 Å². The smallest absolute Gasteiger partial charge is 0.0606 e. The number of piperidine rings is 1. The monoisotopic (exact) mass is 339 g/mol. The van der Waals surface area contributed by atoms with E-state index in [1.807, 2.05) is 19.9 Å². The molecule has 1 heteroatoms. The number of aryl methyl sites for hydroxylation is 1. The molecule has 0 N–H and O–H groups in total. The molecule has 1 aromatic carbocycles. The van der Waals surface area contributed by atoms with Crippen molar-refractivity contribution in [2.75, 3.05) is 13.1 Å². The van der Waals surface area contributed by atoms with Crippen LogP contribution in [0.25, 0.3) is 0 Å². The number of hydrogen-bond acceptors (Lipinski definition) is 1. The van der Waals surface area contributed by atoms with Crippen LogP contribution in [0.15, 0.2) is 60.2 Å². The molecular weight excluding hydrogens is 302 g/mol. The minimum absolute atomic E-state index is 0.331. The van der Waals surface area contributed by atoms with Gasteiger partial charge in [0.2, 0.25) is 0 Å². The molecule has 1 aliphatic rings. The van der Waals surface area contributed by atoms with E-state index in [1.54, 1.807) is 0 Å². The van der Waals surface area contributed by atoms with Crippen molar-refractivity contribution in [2.45, 2.75) is 60.4 Å². The lowest BCUT2D eigenvalue weighted by Gasteiger charge is -2.39. The van der Waals surface area contributed by atoms with E-state index in [9.17, 15) is 0 Å². The van der Waals surface area contributed by atoms with Crippen molar-refractivity contribution < 1.29 is 0 Å². The summed E-state index contributed by atoms with van der Waals surface area (Å²) in [6.45, 7) is 19.2. The van der Waals surface area contributed by atoms with Crippen molar-refractivity contribution in [3.05, 3.63) is 71.3 Å². The molecule has 25 heavy (non-hydrogen) atoms. The molecule has 1 unspecified atom stereocenters. The van der Waals surface area contributed by atoms with E-state index in [1.165, 1.54) is 48.2 Å². The van der Waals surface area contributed by atoms with Gasteiger partial charge < -0.3 is 0 Å². The molecule has 1 nitrogen and oxygen atoms in total. The summed E-state index contributed by atoms with van der Waals surface area (Å²) in [5.41, 5.74) is 5.45. The fourth-order valence-electron chi connectivity index (χ4n) is 3.48.